The first-order valence-corrected chi connectivity index (χ1v) is 9.72. The van der Waals surface area contributed by atoms with E-state index in [1.807, 2.05) is 52.0 Å². The van der Waals surface area contributed by atoms with E-state index in [4.69, 9.17) is 4.74 Å². The van der Waals surface area contributed by atoms with E-state index in [0.717, 1.165) is 43.8 Å². The fraction of sp³-hybridized carbons (Fsp3) is 0.286. The number of aromatic nitrogens is 2. The minimum absolute atomic E-state index is 0.111. The molecule has 146 valence electrons. The van der Waals surface area contributed by atoms with E-state index in [-0.39, 0.29) is 18.3 Å². The van der Waals surface area contributed by atoms with Gasteiger partial charge in [0.1, 0.15) is 10.7 Å². The Morgan fingerprint density at radius 1 is 1.21 bits per heavy atom. The molecule has 0 atom stereocenters. The summed E-state index contributed by atoms with van der Waals surface area (Å²) >= 11 is 1.48. The van der Waals surface area contributed by atoms with Gasteiger partial charge in [0.2, 0.25) is 5.91 Å². The first-order valence-electron chi connectivity index (χ1n) is 8.90. The van der Waals surface area contributed by atoms with Crippen molar-refractivity contribution < 1.29 is 14.3 Å². The van der Waals surface area contributed by atoms with Crippen LogP contribution >= 0.6 is 11.3 Å². The van der Waals surface area contributed by atoms with Crippen LogP contribution in [0.3, 0.4) is 0 Å². The molecule has 0 aliphatic heterocycles. The van der Waals surface area contributed by atoms with E-state index >= 15 is 0 Å². The zero-order valence-electron chi connectivity index (χ0n) is 16.6. The van der Waals surface area contributed by atoms with Crippen LogP contribution < -0.4 is 5.32 Å². The fourth-order valence-electron chi connectivity index (χ4n) is 3.22. The SMILES string of the molecule is COC(=O)c1c(C)[nH]c(-c2nc(CC(=O)Nc3cccc(C)c3)sc2C)c1C. The normalized spacial score (nSPS) is 10.8. The molecule has 3 aromatic rings. The van der Waals surface area contributed by atoms with Crippen LogP contribution in [0.4, 0.5) is 5.69 Å². The van der Waals surface area contributed by atoms with Crippen LogP contribution in [0.15, 0.2) is 24.3 Å². The molecular weight excluding hydrogens is 374 g/mol. The molecule has 0 bridgehead atoms. The summed E-state index contributed by atoms with van der Waals surface area (Å²) in [6.45, 7) is 7.65. The number of amides is 1. The Balaban J connectivity index is 1.82. The van der Waals surface area contributed by atoms with Crippen LogP contribution in [0.25, 0.3) is 11.4 Å². The van der Waals surface area contributed by atoms with Crippen LogP contribution in [0.2, 0.25) is 0 Å². The van der Waals surface area contributed by atoms with Crippen LogP contribution in [0.5, 0.6) is 0 Å². The minimum atomic E-state index is -0.372. The summed E-state index contributed by atoms with van der Waals surface area (Å²) in [5.74, 6) is -0.483. The Morgan fingerprint density at radius 3 is 2.64 bits per heavy atom. The summed E-state index contributed by atoms with van der Waals surface area (Å²) in [7, 11) is 1.37. The van der Waals surface area contributed by atoms with Crippen molar-refractivity contribution in [3.8, 4) is 11.4 Å². The largest absolute Gasteiger partial charge is 0.465 e. The molecular formula is C21H23N3O3S. The summed E-state index contributed by atoms with van der Waals surface area (Å²) < 4.78 is 4.87. The molecule has 0 spiro atoms. The van der Waals surface area contributed by atoms with Crippen molar-refractivity contribution in [1.29, 1.82) is 0 Å². The van der Waals surface area contributed by atoms with Gasteiger partial charge < -0.3 is 15.0 Å². The average molecular weight is 398 g/mol. The van der Waals surface area contributed by atoms with Crippen molar-refractivity contribution in [1.82, 2.24) is 9.97 Å². The zero-order chi connectivity index (χ0) is 20.4. The van der Waals surface area contributed by atoms with Gasteiger partial charge in [0.25, 0.3) is 0 Å². The third-order valence-electron chi connectivity index (χ3n) is 4.52. The van der Waals surface area contributed by atoms with Crippen molar-refractivity contribution in [2.24, 2.45) is 0 Å². The molecule has 0 fully saturated rings. The summed E-state index contributed by atoms with van der Waals surface area (Å²) in [4.78, 5) is 33.3. The third kappa shape index (κ3) is 3.99. The van der Waals surface area contributed by atoms with Gasteiger partial charge in [0.05, 0.1) is 24.8 Å². The first kappa shape index (κ1) is 19.8. The van der Waals surface area contributed by atoms with Gasteiger partial charge in [0, 0.05) is 16.3 Å². The van der Waals surface area contributed by atoms with Crippen LogP contribution in [-0.2, 0) is 16.0 Å². The number of ether oxygens (including phenoxy) is 1. The monoisotopic (exact) mass is 397 g/mol. The number of anilines is 1. The number of carbonyl (C=O) groups excluding carboxylic acids is 2. The number of hydrogen-bond donors (Lipinski definition) is 2. The van der Waals surface area contributed by atoms with Crippen molar-refractivity contribution in [2.75, 3.05) is 12.4 Å². The Bertz CT molecular complexity index is 1050. The first-order chi connectivity index (χ1) is 13.3. The molecule has 1 aromatic carbocycles. The number of thiazole rings is 1. The quantitative estimate of drug-likeness (QED) is 0.627. The number of H-pyrrole nitrogens is 1. The number of rotatable bonds is 5. The molecule has 0 aliphatic carbocycles. The highest BCUT2D eigenvalue weighted by Gasteiger charge is 2.22. The Labute approximate surface area is 168 Å². The average Bonchev–Trinajstić information content (AvgIpc) is 3.12. The number of benzene rings is 1. The highest BCUT2D eigenvalue weighted by molar-refractivity contribution is 7.12. The zero-order valence-corrected chi connectivity index (χ0v) is 17.4. The molecule has 0 unspecified atom stereocenters. The number of esters is 1. The second-order valence-corrected chi connectivity index (χ2v) is 8.01. The van der Waals surface area contributed by atoms with Gasteiger partial charge in [0.15, 0.2) is 0 Å². The van der Waals surface area contributed by atoms with Crippen LogP contribution in [0.1, 0.15) is 37.1 Å². The van der Waals surface area contributed by atoms with E-state index in [2.05, 4.69) is 15.3 Å². The molecule has 0 aliphatic rings. The maximum Gasteiger partial charge on any atom is 0.339 e. The van der Waals surface area contributed by atoms with Gasteiger partial charge in [-0.05, 0) is 51.0 Å². The van der Waals surface area contributed by atoms with E-state index in [0.29, 0.717) is 5.56 Å². The maximum absolute atomic E-state index is 12.4. The van der Waals surface area contributed by atoms with Crippen molar-refractivity contribution >= 4 is 28.9 Å². The topological polar surface area (TPSA) is 84.1 Å². The van der Waals surface area contributed by atoms with Crippen molar-refractivity contribution in [3.63, 3.8) is 0 Å². The smallest absolute Gasteiger partial charge is 0.339 e. The molecule has 2 N–H and O–H groups in total. The molecule has 2 heterocycles. The maximum atomic E-state index is 12.4. The molecule has 6 nitrogen and oxygen atoms in total. The molecule has 3 rings (SSSR count). The number of nitrogens with one attached hydrogen (secondary N) is 2. The Hall–Kier alpha value is -2.93. The van der Waals surface area contributed by atoms with Crippen LogP contribution in [0, 0.1) is 27.7 Å². The molecule has 28 heavy (non-hydrogen) atoms. The van der Waals surface area contributed by atoms with E-state index in [1.165, 1.54) is 18.4 Å². The fourth-order valence-corrected chi connectivity index (χ4v) is 4.16. The number of methoxy groups -OCH3 is 1. The van der Waals surface area contributed by atoms with Gasteiger partial charge >= 0.3 is 5.97 Å². The van der Waals surface area contributed by atoms with E-state index in [9.17, 15) is 9.59 Å². The predicted molar refractivity (Wildman–Crippen MR) is 111 cm³/mol. The summed E-state index contributed by atoms with van der Waals surface area (Å²) in [6, 6.07) is 7.68. The molecule has 2 aromatic heterocycles. The summed E-state index contributed by atoms with van der Waals surface area (Å²) in [5, 5.41) is 3.63. The highest BCUT2D eigenvalue weighted by atomic mass is 32.1. The van der Waals surface area contributed by atoms with Gasteiger partial charge in [-0.15, -0.1) is 11.3 Å². The Kier molecular flexibility index (Phi) is 5.65. The van der Waals surface area contributed by atoms with Gasteiger partial charge in [-0.2, -0.15) is 0 Å². The lowest BCUT2D eigenvalue weighted by molar-refractivity contribution is -0.115. The number of aromatic amines is 1. The van der Waals surface area contributed by atoms with Crippen LogP contribution in [-0.4, -0.2) is 29.0 Å². The standard InChI is InChI=1S/C21H23N3O3S/c1-11-7-6-8-15(9-11)23-16(25)10-17-24-20(14(4)28-17)19-12(2)18(13(3)22-19)21(26)27-5/h6-9,22H,10H2,1-5H3,(H,23,25). The number of carbonyl (C=O) groups is 2. The lowest BCUT2D eigenvalue weighted by Gasteiger charge is -2.04. The van der Waals surface area contributed by atoms with Gasteiger partial charge in [-0.1, -0.05) is 12.1 Å². The lowest BCUT2D eigenvalue weighted by Crippen LogP contribution is -2.14. The predicted octanol–water partition coefficient (Wildman–Crippen LogP) is 4.34. The molecule has 0 saturated carbocycles. The van der Waals surface area contributed by atoms with Gasteiger partial charge in [-0.25, -0.2) is 9.78 Å². The summed E-state index contributed by atoms with van der Waals surface area (Å²) in [5.41, 5.74) is 5.49. The Morgan fingerprint density at radius 2 is 1.96 bits per heavy atom. The lowest BCUT2D eigenvalue weighted by atomic mass is 10.1. The second-order valence-electron chi connectivity index (χ2n) is 6.72. The molecule has 1 amide bonds. The number of hydrogen-bond acceptors (Lipinski definition) is 5. The number of nitrogens with zero attached hydrogens (tertiary/aromatic N) is 1. The number of aryl methyl sites for hydroxylation is 3. The molecule has 0 radical (unpaired) electrons. The second kappa shape index (κ2) is 7.98. The minimum Gasteiger partial charge on any atom is -0.465 e. The summed E-state index contributed by atoms with van der Waals surface area (Å²) in [6.07, 6.45) is 0.196. The van der Waals surface area contributed by atoms with Gasteiger partial charge in [-0.3, -0.25) is 4.79 Å². The van der Waals surface area contributed by atoms with Crippen molar-refractivity contribution in [2.45, 2.75) is 34.1 Å². The molecule has 0 saturated heterocycles. The highest BCUT2D eigenvalue weighted by Crippen LogP contribution is 2.32. The van der Waals surface area contributed by atoms with E-state index in [1.54, 1.807) is 0 Å². The van der Waals surface area contributed by atoms with Crippen molar-refractivity contribution in [3.05, 3.63) is 56.5 Å². The third-order valence-corrected chi connectivity index (χ3v) is 5.49. The van der Waals surface area contributed by atoms with E-state index < -0.39 is 0 Å². The molecule has 7 heteroatoms.